The molecule has 1 aromatic heterocycles. The summed E-state index contributed by atoms with van der Waals surface area (Å²) >= 11 is 0. The zero-order valence-electron chi connectivity index (χ0n) is 11.6. The summed E-state index contributed by atoms with van der Waals surface area (Å²) in [5.74, 6) is -1.80. The topological polar surface area (TPSA) is 71.2 Å². The minimum atomic E-state index is -0.871. The van der Waals surface area contributed by atoms with E-state index in [1.54, 1.807) is 4.68 Å². The average molecular weight is 290 g/mol. The van der Waals surface area contributed by atoms with Gasteiger partial charge in [0.2, 0.25) is 0 Å². The molecule has 2 aliphatic rings. The number of aliphatic carboxylic acids is 1. The predicted octanol–water partition coefficient (Wildman–Crippen LogP) is 0.856. The first-order chi connectivity index (χ1) is 10.0. The second kappa shape index (κ2) is 4.24. The van der Waals surface area contributed by atoms with Crippen LogP contribution in [0.2, 0.25) is 0 Å². The molecule has 0 amide bonds. The van der Waals surface area contributed by atoms with E-state index >= 15 is 0 Å². The monoisotopic (exact) mass is 290 g/mol. The van der Waals surface area contributed by atoms with Crippen LogP contribution in [0.25, 0.3) is 11.0 Å². The Morgan fingerprint density at radius 1 is 1.43 bits per heavy atom. The van der Waals surface area contributed by atoms with Crippen molar-refractivity contribution in [3.8, 4) is 0 Å². The SMILES string of the molecule is CN1CC(n2nnc3c(F)c4c(cc32)CC(C(=O)O)C4)C1. The third kappa shape index (κ3) is 1.77. The summed E-state index contributed by atoms with van der Waals surface area (Å²) in [5.41, 5.74) is 2.21. The Bertz CT molecular complexity index is 751. The van der Waals surface area contributed by atoms with Gasteiger partial charge < -0.3 is 10.0 Å². The van der Waals surface area contributed by atoms with Crippen LogP contribution in [0.3, 0.4) is 0 Å². The minimum Gasteiger partial charge on any atom is -0.481 e. The highest BCUT2D eigenvalue weighted by Crippen LogP contribution is 2.34. The average Bonchev–Trinajstić information content (AvgIpc) is 2.99. The van der Waals surface area contributed by atoms with Crippen molar-refractivity contribution in [3.63, 3.8) is 0 Å². The van der Waals surface area contributed by atoms with Crippen molar-refractivity contribution in [1.82, 2.24) is 19.9 Å². The standard InChI is InChI=1S/C14H15FN4O2/c1-18-5-9(6-18)19-11-4-7-2-8(14(20)21)3-10(7)12(15)13(11)16-17-19/h4,8-9H,2-3,5-6H2,1H3,(H,20,21). The van der Waals surface area contributed by atoms with Gasteiger partial charge >= 0.3 is 5.97 Å². The molecule has 4 rings (SSSR count). The Hall–Kier alpha value is -2.02. The van der Waals surface area contributed by atoms with E-state index in [-0.39, 0.29) is 18.0 Å². The Morgan fingerprint density at radius 2 is 2.19 bits per heavy atom. The third-order valence-corrected chi connectivity index (χ3v) is 4.56. The summed E-state index contributed by atoms with van der Waals surface area (Å²) in [6.07, 6.45) is 0.624. The van der Waals surface area contributed by atoms with Crippen molar-refractivity contribution in [3.05, 3.63) is 23.0 Å². The number of rotatable bonds is 2. The molecule has 0 saturated carbocycles. The molecule has 2 heterocycles. The Morgan fingerprint density at radius 3 is 2.86 bits per heavy atom. The number of carboxylic acids is 1. The lowest BCUT2D eigenvalue weighted by Gasteiger charge is -2.36. The van der Waals surface area contributed by atoms with Crippen molar-refractivity contribution < 1.29 is 14.3 Å². The smallest absolute Gasteiger partial charge is 0.307 e. The Balaban J connectivity index is 1.80. The molecular weight excluding hydrogens is 275 g/mol. The molecule has 1 unspecified atom stereocenters. The van der Waals surface area contributed by atoms with Gasteiger partial charge in [-0.1, -0.05) is 5.21 Å². The van der Waals surface area contributed by atoms with Gasteiger partial charge in [-0.25, -0.2) is 9.07 Å². The summed E-state index contributed by atoms with van der Waals surface area (Å²) in [5, 5.41) is 17.2. The number of aromatic nitrogens is 3. The second-order valence-electron chi connectivity index (χ2n) is 6.05. The molecule has 0 spiro atoms. The molecule has 1 aromatic carbocycles. The van der Waals surface area contributed by atoms with Crippen molar-refractivity contribution in [2.24, 2.45) is 5.92 Å². The van der Waals surface area contributed by atoms with Crippen LogP contribution in [0, 0.1) is 11.7 Å². The van der Waals surface area contributed by atoms with Crippen LogP contribution in [0.15, 0.2) is 6.07 Å². The number of hydrogen-bond donors (Lipinski definition) is 1. The van der Waals surface area contributed by atoms with Crippen LogP contribution < -0.4 is 0 Å². The largest absolute Gasteiger partial charge is 0.481 e. The van der Waals surface area contributed by atoms with E-state index in [9.17, 15) is 9.18 Å². The van der Waals surface area contributed by atoms with Gasteiger partial charge in [-0.3, -0.25) is 4.79 Å². The number of benzene rings is 1. The van der Waals surface area contributed by atoms with Gasteiger partial charge in [-0.2, -0.15) is 0 Å². The van der Waals surface area contributed by atoms with Gasteiger partial charge in [0.15, 0.2) is 5.82 Å². The lowest BCUT2D eigenvalue weighted by Crippen LogP contribution is -2.45. The normalized spacial score (nSPS) is 22.5. The van der Waals surface area contributed by atoms with Crippen LogP contribution in [-0.2, 0) is 17.6 Å². The number of likely N-dealkylation sites (N-methyl/N-ethyl adjacent to an activating group) is 1. The number of nitrogens with zero attached hydrogens (tertiary/aromatic N) is 4. The fourth-order valence-electron chi connectivity index (χ4n) is 3.38. The van der Waals surface area contributed by atoms with Gasteiger partial charge in [0, 0.05) is 13.1 Å². The summed E-state index contributed by atoms with van der Waals surface area (Å²) < 4.78 is 16.3. The quantitative estimate of drug-likeness (QED) is 0.888. The second-order valence-corrected chi connectivity index (χ2v) is 6.05. The van der Waals surface area contributed by atoms with Gasteiger partial charge in [0.05, 0.1) is 17.5 Å². The molecule has 1 atom stereocenters. The van der Waals surface area contributed by atoms with Gasteiger partial charge in [-0.15, -0.1) is 5.10 Å². The molecule has 110 valence electrons. The lowest BCUT2D eigenvalue weighted by atomic mass is 10.1. The number of likely N-dealkylation sites (tertiary alicyclic amines) is 1. The summed E-state index contributed by atoms with van der Waals surface area (Å²) in [4.78, 5) is 13.3. The molecule has 1 saturated heterocycles. The van der Waals surface area contributed by atoms with Crippen molar-refractivity contribution in [1.29, 1.82) is 0 Å². The van der Waals surface area contributed by atoms with Crippen LogP contribution in [0.1, 0.15) is 17.2 Å². The molecule has 1 aliphatic heterocycles. The van der Waals surface area contributed by atoms with Crippen molar-refractivity contribution in [2.45, 2.75) is 18.9 Å². The molecule has 1 N–H and O–H groups in total. The highest BCUT2D eigenvalue weighted by molar-refractivity contribution is 5.80. The van der Waals surface area contributed by atoms with Crippen LogP contribution >= 0.6 is 0 Å². The number of carboxylic acid groups (broad SMARTS) is 1. The molecule has 0 radical (unpaired) electrons. The molecule has 0 bridgehead atoms. The van der Waals surface area contributed by atoms with Crippen molar-refractivity contribution >= 4 is 17.0 Å². The number of halogens is 1. The van der Waals surface area contributed by atoms with E-state index in [4.69, 9.17) is 5.11 Å². The summed E-state index contributed by atoms with van der Waals surface area (Å²) in [6, 6.07) is 2.09. The van der Waals surface area contributed by atoms with Crippen molar-refractivity contribution in [2.75, 3.05) is 20.1 Å². The summed E-state index contributed by atoms with van der Waals surface area (Å²) in [7, 11) is 2.02. The highest BCUT2D eigenvalue weighted by atomic mass is 19.1. The molecule has 2 aromatic rings. The van der Waals surface area contributed by atoms with E-state index < -0.39 is 17.7 Å². The van der Waals surface area contributed by atoms with Crippen LogP contribution in [0.5, 0.6) is 0 Å². The van der Waals surface area contributed by atoms with Crippen LogP contribution in [0.4, 0.5) is 4.39 Å². The molecule has 1 aliphatic carbocycles. The first-order valence-corrected chi connectivity index (χ1v) is 7.01. The maximum Gasteiger partial charge on any atom is 0.307 e. The molecule has 21 heavy (non-hydrogen) atoms. The zero-order valence-corrected chi connectivity index (χ0v) is 11.6. The van der Waals surface area contributed by atoms with Gasteiger partial charge in [-0.05, 0) is 37.1 Å². The maximum atomic E-state index is 14.6. The third-order valence-electron chi connectivity index (χ3n) is 4.56. The first kappa shape index (κ1) is 12.7. The number of carbonyl (C=O) groups is 1. The van der Waals surface area contributed by atoms with Gasteiger partial charge in [0.25, 0.3) is 0 Å². The lowest BCUT2D eigenvalue weighted by molar-refractivity contribution is -0.141. The minimum absolute atomic E-state index is 0.217. The first-order valence-electron chi connectivity index (χ1n) is 7.01. The zero-order chi connectivity index (χ0) is 14.7. The Kier molecular flexibility index (Phi) is 2.56. The molecule has 6 nitrogen and oxygen atoms in total. The van der Waals surface area contributed by atoms with Gasteiger partial charge in [0.1, 0.15) is 5.52 Å². The Labute approximate surface area is 120 Å². The highest BCUT2D eigenvalue weighted by Gasteiger charge is 2.33. The fourth-order valence-corrected chi connectivity index (χ4v) is 3.38. The molecule has 1 fully saturated rings. The predicted molar refractivity (Wildman–Crippen MR) is 72.6 cm³/mol. The van der Waals surface area contributed by atoms with E-state index in [0.29, 0.717) is 17.5 Å². The van der Waals surface area contributed by atoms with Crippen LogP contribution in [-0.4, -0.2) is 51.1 Å². The van der Waals surface area contributed by atoms with E-state index in [1.165, 1.54) is 0 Å². The van der Waals surface area contributed by atoms with E-state index in [1.807, 2.05) is 13.1 Å². The maximum absolute atomic E-state index is 14.6. The number of fused-ring (bicyclic) bond motifs is 2. The van der Waals surface area contributed by atoms with E-state index in [0.717, 1.165) is 18.7 Å². The molecule has 7 heteroatoms. The molecular formula is C14H15FN4O2. The van der Waals surface area contributed by atoms with E-state index in [2.05, 4.69) is 15.2 Å². The fraction of sp³-hybridized carbons (Fsp3) is 0.500. The number of hydrogen-bond acceptors (Lipinski definition) is 4. The summed E-state index contributed by atoms with van der Waals surface area (Å²) in [6.45, 7) is 1.74.